The maximum Gasteiger partial charge on any atom is 0.269 e. The van der Waals surface area contributed by atoms with Gasteiger partial charge in [-0.15, -0.1) is 0 Å². The lowest BCUT2D eigenvalue weighted by Gasteiger charge is -2.15. The van der Waals surface area contributed by atoms with Crippen molar-refractivity contribution in [3.8, 4) is 0 Å². The number of sulfonamides is 1. The molecule has 0 radical (unpaired) electrons. The highest BCUT2D eigenvalue weighted by atomic mass is 127. The fourth-order valence-corrected chi connectivity index (χ4v) is 4.94. The van der Waals surface area contributed by atoms with E-state index in [1.165, 1.54) is 6.07 Å². The summed E-state index contributed by atoms with van der Waals surface area (Å²) < 4.78 is 27.6. The summed E-state index contributed by atoms with van der Waals surface area (Å²) in [4.78, 5) is 12.4. The predicted octanol–water partition coefficient (Wildman–Crippen LogP) is 3.40. The van der Waals surface area contributed by atoms with E-state index in [9.17, 15) is 13.2 Å². The second-order valence-electron chi connectivity index (χ2n) is 4.59. The molecule has 21 heavy (non-hydrogen) atoms. The molecule has 1 aliphatic heterocycles. The van der Waals surface area contributed by atoms with Gasteiger partial charge in [0.25, 0.3) is 15.9 Å². The lowest BCUT2D eigenvalue weighted by atomic mass is 10.2. The number of hydrogen-bond acceptors (Lipinski definition) is 3. The van der Waals surface area contributed by atoms with Crippen LogP contribution in [0.15, 0.2) is 51.8 Å². The number of carbonyl (C=O) groups excluding carboxylic acids is 1. The Labute approximate surface area is 144 Å². The molecule has 1 amide bonds. The molecule has 2 aromatic carbocycles. The average molecular weight is 478 g/mol. The summed E-state index contributed by atoms with van der Waals surface area (Å²) in [5.74, 6) is -0.471. The molecule has 3 rings (SSSR count). The Hall–Kier alpha value is -0.930. The van der Waals surface area contributed by atoms with E-state index in [0.717, 1.165) is 17.9 Å². The van der Waals surface area contributed by atoms with Crippen LogP contribution in [0.5, 0.6) is 0 Å². The molecule has 4 nitrogen and oxygen atoms in total. The minimum atomic E-state index is -3.77. The number of nitrogens with zero attached hydrogens (tertiary/aromatic N) is 1. The molecule has 108 valence electrons. The molecule has 1 aliphatic rings. The lowest BCUT2D eigenvalue weighted by Crippen LogP contribution is -2.29. The van der Waals surface area contributed by atoms with E-state index in [0.29, 0.717) is 0 Å². The number of halogens is 2. The van der Waals surface area contributed by atoms with E-state index in [4.69, 9.17) is 0 Å². The van der Waals surface area contributed by atoms with Crippen LogP contribution in [-0.4, -0.2) is 18.6 Å². The molecular weight excluding hydrogens is 469 g/mol. The monoisotopic (exact) mass is 477 g/mol. The smallest absolute Gasteiger partial charge is 0.268 e. The van der Waals surface area contributed by atoms with Crippen molar-refractivity contribution in [2.75, 3.05) is 0 Å². The molecule has 0 fully saturated rings. The van der Waals surface area contributed by atoms with Crippen LogP contribution >= 0.6 is 38.5 Å². The van der Waals surface area contributed by atoms with E-state index in [1.807, 2.05) is 34.7 Å². The fraction of sp³-hybridized carbons (Fsp3) is 0.0714. The molecule has 0 bridgehead atoms. The van der Waals surface area contributed by atoms with Gasteiger partial charge in [-0.2, -0.15) is 0 Å². The maximum atomic E-state index is 12.5. The van der Waals surface area contributed by atoms with Gasteiger partial charge in [0, 0.05) is 8.04 Å². The zero-order valence-electron chi connectivity index (χ0n) is 10.6. The predicted molar refractivity (Wildman–Crippen MR) is 90.4 cm³/mol. The maximum absolute atomic E-state index is 12.5. The summed E-state index contributed by atoms with van der Waals surface area (Å²) in [5.41, 5.74) is 0.995. The molecule has 0 aromatic heterocycles. The number of hydrogen-bond donors (Lipinski definition) is 0. The van der Waals surface area contributed by atoms with Gasteiger partial charge in [0.2, 0.25) is 0 Å². The highest BCUT2D eigenvalue weighted by Crippen LogP contribution is 2.32. The molecule has 0 saturated heterocycles. The third-order valence-electron chi connectivity index (χ3n) is 3.18. The average Bonchev–Trinajstić information content (AvgIpc) is 2.60. The van der Waals surface area contributed by atoms with Crippen molar-refractivity contribution < 1.29 is 13.2 Å². The van der Waals surface area contributed by atoms with Gasteiger partial charge in [-0.1, -0.05) is 28.1 Å². The van der Waals surface area contributed by atoms with Crippen LogP contribution in [0.2, 0.25) is 0 Å². The first-order valence-electron chi connectivity index (χ1n) is 6.00. The summed E-state index contributed by atoms with van der Waals surface area (Å²) in [5, 5.41) is 0. The zero-order valence-corrected chi connectivity index (χ0v) is 15.1. The van der Waals surface area contributed by atoms with Crippen LogP contribution in [-0.2, 0) is 16.6 Å². The summed E-state index contributed by atoms with van der Waals surface area (Å²) >= 11 is 5.37. The Bertz CT molecular complexity index is 851. The number of benzene rings is 2. The van der Waals surface area contributed by atoms with Crippen molar-refractivity contribution in [2.24, 2.45) is 0 Å². The number of fused-ring (bicyclic) bond motifs is 1. The summed E-state index contributed by atoms with van der Waals surface area (Å²) in [6.07, 6.45) is 0. The normalized spacial score (nSPS) is 16.1. The van der Waals surface area contributed by atoms with Gasteiger partial charge < -0.3 is 0 Å². The van der Waals surface area contributed by atoms with Crippen molar-refractivity contribution in [1.82, 2.24) is 4.31 Å². The topological polar surface area (TPSA) is 54.5 Å². The summed E-state index contributed by atoms with van der Waals surface area (Å²) in [6, 6.07) is 12.1. The first kappa shape index (κ1) is 15.0. The third-order valence-corrected chi connectivity index (χ3v) is 6.12. The molecule has 0 spiro atoms. The van der Waals surface area contributed by atoms with Crippen molar-refractivity contribution in [1.29, 1.82) is 0 Å². The van der Waals surface area contributed by atoms with Crippen molar-refractivity contribution in [2.45, 2.75) is 11.4 Å². The van der Waals surface area contributed by atoms with Crippen LogP contribution in [0.25, 0.3) is 0 Å². The van der Waals surface area contributed by atoms with Gasteiger partial charge in [-0.05, 0) is 58.5 Å². The lowest BCUT2D eigenvalue weighted by molar-refractivity contribution is 0.0865. The third kappa shape index (κ3) is 2.62. The van der Waals surface area contributed by atoms with Crippen LogP contribution in [0.1, 0.15) is 15.9 Å². The molecule has 0 atom stereocenters. The molecule has 2 aromatic rings. The van der Waals surface area contributed by atoms with Gasteiger partial charge in [0.1, 0.15) is 4.90 Å². The Morgan fingerprint density at radius 1 is 1.14 bits per heavy atom. The van der Waals surface area contributed by atoms with Gasteiger partial charge in [-0.3, -0.25) is 4.79 Å². The van der Waals surface area contributed by atoms with Crippen molar-refractivity contribution in [3.63, 3.8) is 0 Å². The Kier molecular flexibility index (Phi) is 3.83. The molecular formula is C14H9BrINO3S. The molecule has 0 saturated carbocycles. The van der Waals surface area contributed by atoms with Gasteiger partial charge >= 0.3 is 0 Å². The Morgan fingerprint density at radius 2 is 1.90 bits per heavy atom. The van der Waals surface area contributed by atoms with E-state index >= 15 is 0 Å². The van der Waals surface area contributed by atoms with Gasteiger partial charge in [0.05, 0.1) is 12.1 Å². The summed E-state index contributed by atoms with van der Waals surface area (Å²) in [6.45, 7) is 0.0336. The van der Waals surface area contributed by atoms with Crippen molar-refractivity contribution >= 4 is 54.5 Å². The highest BCUT2D eigenvalue weighted by molar-refractivity contribution is 14.1. The SMILES string of the molecule is O=C1c2ccc(I)cc2S(=O)(=O)N1Cc1cccc(Br)c1. The molecule has 0 N–H and O–H groups in total. The molecule has 0 aliphatic carbocycles. The minimum absolute atomic E-state index is 0.0336. The quantitative estimate of drug-likeness (QED) is 0.623. The van der Waals surface area contributed by atoms with E-state index in [-0.39, 0.29) is 17.0 Å². The second kappa shape index (κ2) is 5.36. The van der Waals surface area contributed by atoms with E-state index in [2.05, 4.69) is 15.9 Å². The molecule has 0 unspecified atom stereocenters. The van der Waals surface area contributed by atoms with Crippen LogP contribution in [0.3, 0.4) is 0 Å². The van der Waals surface area contributed by atoms with E-state index in [1.54, 1.807) is 24.3 Å². The standard InChI is InChI=1S/C14H9BrINO3S/c15-10-3-1-2-9(6-10)8-17-14(18)12-5-4-11(16)7-13(12)21(17,19)20/h1-7H,8H2. The zero-order chi connectivity index (χ0) is 15.2. The van der Waals surface area contributed by atoms with Crippen LogP contribution < -0.4 is 0 Å². The largest absolute Gasteiger partial charge is 0.269 e. The molecule has 1 heterocycles. The fourth-order valence-electron chi connectivity index (χ4n) is 2.21. The van der Waals surface area contributed by atoms with Crippen LogP contribution in [0, 0.1) is 3.57 Å². The number of carbonyl (C=O) groups is 1. The Balaban J connectivity index is 2.04. The Morgan fingerprint density at radius 3 is 2.62 bits per heavy atom. The number of rotatable bonds is 2. The van der Waals surface area contributed by atoms with E-state index < -0.39 is 15.9 Å². The minimum Gasteiger partial charge on any atom is -0.268 e. The van der Waals surface area contributed by atoms with Gasteiger partial charge in [0.15, 0.2) is 0 Å². The number of amides is 1. The first-order valence-corrected chi connectivity index (χ1v) is 9.32. The summed E-state index contributed by atoms with van der Waals surface area (Å²) in [7, 11) is -3.77. The van der Waals surface area contributed by atoms with Crippen molar-refractivity contribution in [3.05, 3.63) is 61.6 Å². The highest BCUT2D eigenvalue weighted by Gasteiger charge is 2.41. The second-order valence-corrected chi connectivity index (χ2v) is 8.58. The van der Waals surface area contributed by atoms with Crippen LogP contribution in [0.4, 0.5) is 0 Å². The first-order chi connectivity index (χ1) is 9.89. The van der Waals surface area contributed by atoms with Gasteiger partial charge in [-0.25, -0.2) is 12.7 Å². The molecule has 7 heteroatoms.